The van der Waals surface area contributed by atoms with Crippen LogP contribution in [0.25, 0.3) is 11.1 Å². The number of ketones is 4. The fourth-order valence-corrected chi connectivity index (χ4v) is 6.37. The average molecular weight is 563 g/mol. The molecule has 2 aromatic rings. The van der Waals surface area contributed by atoms with Crippen molar-refractivity contribution >= 4 is 40.8 Å². The van der Waals surface area contributed by atoms with Crippen LogP contribution in [0.4, 0.5) is 10.5 Å². The first kappa shape index (κ1) is 28.2. The Hall–Kier alpha value is -4.38. The highest BCUT2D eigenvalue weighted by molar-refractivity contribution is 6.31. The van der Waals surface area contributed by atoms with Crippen LogP contribution in [0.2, 0.25) is 0 Å². The van der Waals surface area contributed by atoms with E-state index in [4.69, 9.17) is 10.5 Å². The minimum absolute atomic E-state index is 0.0114. The lowest BCUT2D eigenvalue weighted by atomic mass is 9.53. The van der Waals surface area contributed by atoms with Crippen LogP contribution in [0.5, 0.6) is 5.75 Å². The van der Waals surface area contributed by atoms with Gasteiger partial charge in [0.25, 0.3) is 0 Å². The van der Waals surface area contributed by atoms with Crippen molar-refractivity contribution in [2.24, 2.45) is 35.3 Å². The third kappa shape index (κ3) is 4.59. The quantitative estimate of drug-likeness (QED) is 0.396. The van der Waals surface area contributed by atoms with Crippen LogP contribution >= 0.6 is 0 Å². The Morgan fingerprint density at radius 1 is 1.05 bits per heavy atom. The summed E-state index contributed by atoms with van der Waals surface area (Å²) in [6.45, 7) is 4.11. The molecule has 11 heteroatoms. The molecule has 0 radical (unpaired) electrons. The fourth-order valence-electron chi connectivity index (χ4n) is 6.37. The standard InChI is InChI=1S/C30H30N2O9/c1-13(2)12-41-29(39)32-17-5-3-14(4-6-17)18-7-8-20(33)23-19(18)10-15-9-16-11-21(34)24(28(31)38)27(37)30(16,40)26(36)22(15)25(23)35/h3-8,13,15-16,22,24,33,40H,9-12H2,1-2H3,(H2,31,38)(H,32,39)/t15-,16+,22?,24?,30+/m1/s1. The molecule has 214 valence electrons. The van der Waals surface area contributed by atoms with Crippen LogP contribution in [0, 0.1) is 29.6 Å². The van der Waals surface area contributed by atoms with Gasteiger partial charge >= 0.3 is 6.09 Å². The summed E-state index contributed by atoms with van der Waals surface area (Å²) >= 11 is 0. The number of Topliss-reactive ketones (excluding diaryl/α,β-unsaturated/α-hetero) is 4. The maximum atomic E-state index is 13.7. The molecule has 2 fully saturated rings. The predicted octanol–water partition coefficient (Wildman–Crippen LogP) is 2.20. The van der Waals surface area contributed by atoms with Crippen LogP contribution in [-0.4, -0.2) is 57.6 Å². The van der Waals surface area contributed by atoms with Gasteiger partial charge in [-0.15, -0.1) is 0 Å². The number of phenols is 1. The molecular formula is C30H30N2O9. The predicted molar refractivity (Wildman–Crippen MR) is 144 cm³/mol. The summed E-state index contributed by atoms with van der Waals surface area (Å²) in [4.78, 5) is 76.7. The van der Waals surface area contributed by atoms with Crippen molar-refractivity contribution in [1.82, 2.24) is 0 Å². The van der Waals surface area contributed by atoms with Gasteiger partial charge in [0.15, 0.2) is 34.7 Å². The van der Waals surface area contributed by atoms with Crippen molar-refractivity contribution in [2.75, 3.05) is 11.9 Å². The summed E-state index contributed by atoms with van der Waals surface area (Å²) in [5, 5.41) is 24.6. The van der Waals surface area contributed by atoms with Crippen LogP contribution in [0.1, 0.15) is 42.6 Å². The van der Waals surface area contributed by atoms with Gasteiger partial charge in [-0.1, -0.05) is 32.0 Å². The van der Waals surface area contributed by atoms with Crippen molar-refractivity contribution in [2.45, 2.75) is 38.7 Å². The van der Waals surface area contributed by atoms with E-state index >= 15 is 0 Å². The van der Waals surface area contributed by atoms with Crippen molar-refractivity contribution in [3.63, 3.8) is 0 Å². The van der Waals surface area contributed by atoms with E-state index in [2.05, 4.69) is 5.32 Å². The molecule has 41 heavy (non-hydrogen) atoms. The Bertz CT molecular complexity index is 1500. The zero-order valence-corrected chi connectivity index (χ0v) is 22.5. The average Bonchev–Trinajstić information content (AvgIpc) is 2.90. The molecule has 0 saturated heterocycles. The van der Waals surface area contributed by atoms with Gasteiger partial charge in [0, 0.05) is 18.0 Å². The second-order valence-electron chi connectivity index (χ2n) is 11.4. The molecule has 2 saturated carbocycles. The lowest BCUT2D eigenvalue weighted by molar-refractivity contribution is -0.175. The molecule has 0 aliphatic heterocycles. The number of hydrogen-bond donors (Lipinski definition) is 4. The third-order valence-electron chi connectivity index (χ3n) is 8.28. The monoisotopic (exact) mass is 562 g/mol. The second-order valence-corrected chi connectivity index (χ2v) is 11.4. The second kappa shape index (κ2) is 10.2. The van der Waals surface area contributed by atoms with Crippen LogP contribution in [0.15, 0.2) is 36.4 Å². The highest BCUT2D eigenvalue weighted by atomic mass is 16.5. The molecule has 2 unspecified atom stereocenters. The van der Waals surface area contributed by atoms with E-state index in [-0.39, 0.29) is 36.7 Å². The Morgan fingerprint density at radius 2 is 1.73 bits per heavy atom. The van der Waals surface area contributed by atoms with Crippen LogP contribution in [0.3, 0.4) is 0 Å². The molecule has 3 aliphatic carbocycles. The number of ether oxygens (including phenoxy) is 1. The number of rotatable bonds is 5. The fraction of sp³-hybridized carbons (Fsp3) is 0.400. The number of hydrogen-bond acceptors (Lipinski definition) is 9. The van der Waals surface area contributed by atoms with Crippen molar-refractivity contribution in [1.29, 1.82) is 0 Å². The van der Waals surface area contributed by atoms with E-state index in [0.29, 0.717) is 22.4 Å². The maximum absolute atomic E-state index is 13.7. The molecule has 0 spiro atoms. The number of fused-ring (bicyclic) bond motifs is 3. The number of benzene rings is 2. The summed E-state index contributed by atoms with van der Waals surface area (Å²) in [5.41, 5.74) is 4.74. The van der Waals surface area contributed by atoms with Crippen LogP contribution < -0.4 is 11.1 Å². The summed E-state index contributed by atoms with van der Waals surface area (Å²) in [7, 11) is 0. The van der Waals surface area contributed by atoms with Crippen LogP contribution in [-0.2, 0) is 30.3 Å². The number of primary amides is 1. The maximum Gasteiger partial charge on any atom is 0.411 e. The van der Waals surface area contributed by atoms with E-state index in [1.165, 1.54) is 6.07 Å². The van der Waals surface area contributed by atoms with Gasteiger partial charge in [-0.2, -0.15) is 0 Å². The van der Waals surface area contributed by atoms with Crippen molar-refractivity contribution < 1.29 is 43.7 Å². The molecule has 5 N–H and O–H groups in total. The van der Waals surface area contributed by atoms with Gasteiger partial charge < -0.3 is 20.7 Å². The van der Waals surface area contributed by atoms with E-state index in [1.54, 1.807) is 30.3 Å². The SMILES string of the molecule is CC(C)COC(=O)Nc1ccc(-c2ccc(O)c3c2C[C@H]2C[C@H]4CC(=O)C(C(N)=O)C(=O)[C@@]4(O)C(=O)C2C3=O)cc1. The number of nitrogens with one attached hydrogen (secondary N) is 1. The molecule has 5 rings (SSSR count). The summed E-state index contributed by atoms with van der Waals surface area (Å²) in [6, 6.07) is 9.77. The Kier molecular flexibility index (Phi) is 7.02. The minimum atomic E-state index is -2.69. The van der Waals surface area contributed by atoms with E-state index in [1.807, 2.05) is 13.8 Å². The lowest BCUT2D eigenvalue weighted by Gasteiger charge is -2.48. The third-order valence-corrected chi connectivity index (χ3v) is 8.28. The molecule has 2 amide bonds. The molecular weight excluding hydrogens is 532 g/mol. The first-order chi connectivity index (χ1) is 19.3. The molecule has 0 heterocycles. The number of anilines is 1. The normalized spacial score (nSPS) is 27.1. The zero-order chi connectivity index (χ0) is 29.8. The van der Waals surface area contributed by atoms with Gasteiger partial charge in [0.05, 0.1) is 18.1 Å². The molecule has 5 atom stereocenters. The highest BCUT2D eigenvalue weighted by Gasteiger charge is 2.66. The van der Waals surface area contributed by atoms with Gasteiger partial charge in [-0.05, 0) is 59.6 Å². The number of nitrogens with two attached hydrogens (primary N) is 1. The number of amides is 2. The summed E-state index contributed by atoms with van der Waals surface area (Å²) < 4.78 is 5.13. The van der Waals surface area contributed by atoms with E-state index < -0.39 is 70.8 Å². The number of carbonyl (C=O) groups excluding carboxylic acids is 6. The highest BCUT2D eigenvalue weighted by Crippen LogP contribution is 2.51. The molecule has 2 aromatic carbocycles. The summed E-state index contributed by atoms with van der Waals surface area (Å²) in [6.07, 6.45) is -0.810. The van der Waals surface area contributed by atoms with Gasteiger partial charge in [0.1, 0.15) is 5.75 Å². The molecule has 11 nitrogen and oxygen atoms in total. The zero-order valence-electron chi connectivity index (χ0n) is 22.5. The van der Waals surface area contributed by atoms with Gasteiger partial charge in [0.2, 0.25) is 5.91 Å². The first-order valence-corrected chi connectivity index (χ1v) is 13.4. The number of carbonyl (C=O) groups is 6. The Labute approximate surface area is 235 Å². The van der Waals surface area contributed by atoms with Gasteiger partial charge in [-0.3, -0.25) is 29.3 Å². The largest absolute Gasteiger partial charge is 0.507 e. The summed E-state index contributed by atoms with van der Waals surface area (Å²) in [5.74, 6) is -10.4. The van der Waals surface area contributed by atoms with E-state index in [9.17, 15) is 39.0 Å². The molecule has 0 bridgehead atoms. The Balaban J connectivity index is 1.47. The van der Waals surface area contributed by atoms with Crippen molar-refractivity contribution in [3.8, 4) is 16.9 Å². The van der Waals surface area contributed by atoms with E-state index in [0.717, 1.165) is 0 Å². The topological polar surface area (TPSA) is 190 Å². The number of aliphatic hydroxyl groups is 1. The Morgan fingerprint density at radius 3 is 2.37 bits per heavy atom. The smallest absolute Gasteiger partial charge is 0.411 e. The molecule has 3 aliphatic rings. The van der Waals surface area contributed by atoms with Gasteiger partial charge in [-0.25, -0.2) is 4.79 Å². The first-order valence-electron chi connectivity index (χ1n) is 13.4. The minimum Gasteiger partial charge on any atom is -0.507 e. The lowest BCUT2D eigenvalue weighted by Crippen LogP contribution is -2.68. The molecule has 0 aromatic heterocycles. The number of aromatic hydroxyl groups is 1. The number of phenolic OH excluding ortho intramolecular Hbond substituents is 1. The van der Waals surface area contributed by atoms with Crippen molar-refractivity contribution in [3.05, 3.63) is 47.5 Å².